The van der Waals surface area contributed by atoms with Gasteiger partial charge < -0.3 is 19.7 Å². The van der Waals surface area contributed by atoms with E-state index >= 15 is 0 Å². The number of carbonyl (C=O) groups is 1. The summed E-state index contributed by atoms with van der Waals surface area (Å²) in [5.41, 5.74) is 0.374. The number of β-amino-alcohol motifs (C(OH)–C–C–N with tert-alkyl or cyclic N) is 1. The van der Waals surface area contributed by atoms with Crippen LogP contribution in [0.2, 0.25) is 13.1 Å². The largest absolute Gasteiger partial charge is 0.415 e. The number of aliphatic hydroxyl groups is 1. The van der Waals surface area contributed by atoms with Crippen LogP contribution in [0.25, 0.3) is 0 Å². The average molecular weight is 414 g/mol. The number of hydrogen-bond acceptors (Lipinski definition) is 6. The topological polar surface area (TPSA) is 74.7 Å². The summed E-state index contributed by atoms with van der Waals surface area (Å²) in [4.78, 5) is 19.4. The smallest absolute Gasteiger partial charge is 0.271 e. The van der Waals surface area contributed by atoms with Gasteiger partial charge in [-0.3, -0.25) is 4.79 Å². The minimum atomic E-state index is -1.26. The summed E-state index contributed by atoms with van der Waals surface area (Å²) in [6, 6.07) is -0.0617. The van der Waals surface area contributed by atoms with E-state index in [0.29, 0.717) is 24.7 Å². The fourth-order valence-corrected chi connectivity index (χ4v) is 5.23. The first-order valence-electron chi connectivity index (χ1n) is 9.87. The Morgan fingerprint density at radius 3 is 2.59 bits per heavy atom. The summed E-state index contributed by atoms with van der Waals surface area (Å²) in [5.74, 6) is 0.154. The van der Waals surface area contributed by atoms with Crippen LogP contribution in [-0.2, 0) is 4.43 Å². The molecule has 0 bridgehead atoms. The molecule has 0 aromatic carbocycles. The zero-order valence-corrected chi connectivity index (χ0v) is 19.6. The third-order valence-electron chi connectivity index (χ3n) is 5.01. The molecular formula is C19H35N3O3SSi. The Kier molecular flexibility index (Phi) is 7.46. The van der Waals surface area contributed by atoms with Crippen molar-refractivity contribution in [3.63, 3.8) is 0 Å². The number of carbonyl (C=O) groups excluding carboxylic acids is 1. The summed E-state index contributed by atoms with van der Waals surface area (Å²) in [6.07, 6.45) is 0.645. The van der Waals surface area contributed by atoms with Gasteiger partial charge >= 0.3 is 0 Å². The van der Waals surface area contributed by atoms with E-state index in [0.717, 1.165) is 11.6 Å². The molecule has 1 aromatic heterocycles. The fraction of sp³-hybridized carbons (Fsp3) is 0.789. The lowest BCUT2D eigenvalue weighted by Gasteiger charge is -2.41. The number of rotatable bonds is 8. The van der Waals surface area contributed by atoms with Gasteiger partial charge in [0.25, 0.3) is 5.91 Å². The van der Waals surface area contributed by atoms with Crippen molar-refractivity contribution in [2.75, 3.05) is 18.0 Å². The number of nitrogens with one attached hydrogen (secondary N) is 1. The Balaban J connectivity index is 2.15. The first-order valence-corrected chi connectivity index (χ1v) is 13.5. The molecule has 27 heavy (non-hydrogen) atoms. The Morgan fingerprint density at radius 2 is 2.11 bits per heavy atom. The van der Waals surface area contributed by atoms with E-state index < -0.39 is 9.04 Å². The van der Waals surface area contributed by atoms with Crippen LogP contribution in [0.1, 0.15) is 51.5 Å². The molecule has 6 nitrogen and oxygen atoms in total. The Hall–Kier alpha value is -0.963. The third-order valence-corrected chi connectivity index (χ3v) is 6.75. The zero-order chi connectivity index (χ0) is 20.4. The molecule has 0 saturated carbocycles. The highest BCUT2D eigenvalue weighted by atomic mass is 32.1. The Morgan fingerprint density at radius 1 is 1.48 bits per heavy atom. The maximum atomic E-state index is 12.9. The monoisotopic (exact) mass is 413 g/mol. The molecule has 1 saturated heterocycles. The SMILES string of the molecule is CC[C@H](C)[C@H](NC(=O)c1csc(N2CC(O)C2)n1)C(O[SiH](C)C)C(C)(C)C. The number of anilines is 1. The maximum absolute atomic E-state index is 12.9. The van der Waals surface area contributed by atoms with Crippen LogP contribution in [0.5, 0.6) is 0 Å². The number of amides is 1. The summed E-state index contributed by atoms with van der Waals surface area (Å²) in [7, 11) is -1.26. The van der Waals surface area contributed by atoms with Gasteiger partial charge in [-0.1, -0.05) is 41.0 Å². The van der Waals surface area contributed by atoms with Crippen LogP contribution in [0.4, 0.5) is 5.13 Å². The highest BCUT2D eigenvalue weighted by Gasteiger charge is 2.37. The molecule has 2 heterocycles. The number of aliphatic hydroxyl groups excluding tert-OH is 1. The zero-order valence-electron chi connectivity index (χ0n) is 17.7. The normalized spacial score (nSPS) is 18.9. The summed E-state index contributed by atoms with van der Waals surface area (Å²) < 4.78 is 6.39. The predicted molar refractivity (Wildman–Crippen MR) is 114 cm³/mol. The molecule has 2 N–H and O–H groups in total. The summed E-state index contributed by atoms with van der Waals surface area (Å²) >= 11 is 1.45. The molecule has 0 spiro atoms. The van der Waals surface area contributed by atoms with Crippen molar-refractivity contribution in [2.24, 2.45) is 11.3 Å². The maximum Gasteiger partial charge on any atom is 0.271 e. The van der Waals surface area contributed by atoms with Crippen molar-refractivity contribution in [1.82, 2.24) is 10.3 Å². The number of thiazole rings is 1. The highest BCUT2D eigenvalue weighted by molar-refractivity contribution is 7.14. The molecule has 1 aliphatic rings. The van der Waals surface area contributed by atoms with Crippen molar-refractivity contribution in [2.45, 2.75) is 72.4 Å². The molecule has 1 amide bonds. The van der Waals surface area contributed by atoms with Crippen LogP contribution in [-0.4, -0.2) is 56.4 Å². The molecule has 3 atom stereocenters. The van der Waals surface area contributed by atoms with Crippen molar-refractivity contribution in [1.29, 1.82) is 0 Å². The lowest BCUT2D eigenvalue weighted by Crippen LogP contribution is -2.54. The Bertz CT molecular complexity index is 626. The molecule has 1 fully saturated rings. The third kappa shape index (κ3) is 5.76. The lowest BCUT2D eigenvalue weighted by molar-refractivity contribution is 0.0295. The number of hydrogen-bond donors (Lipinski definition) is 2. The molecule has 2 rings (SSSR count). The number of nitrogens with zero attached hydrogens (tertiary/aromatic N) is 2. The molecule has 0 radical (unpaired) electrons. The second-order valence-corrected chi connectivity index (χ2v) is 12.1. The molecule has 1 unspecified atom stereocenters. The molecule has 154 valence electrons. The van der Waals surface area contributed by atoms with Gasteiger partial charge in [0.1, 0.15) is 5.69 Å². The summed E-state index contributed by atoms with van der Waals surface area (Å²) in [6.45, 7) is 16.3. The minimum Gasteiger partial charge on any atom is -0.415 e. The van der Waals surface area contributed by atoms with E-state index in [-0.39, 0.29) is 29.6 Å². The molecule has 1 aromatic rings. The van der Waals surface area contributed by atoms with Crippen LogP contribution in [0.3, 0.4) is 0 Å². The van der Waals surface area contributed by atoms with Crippen LogP contribution in [0, 0.1) is 11.3 Å². The van der Waals surface area contributed by atoms with Crippen LogP contribution in [0.15, 0.2) is 5.38 Å². The first-order chi connectivity index (χ1) is 12.5. The molecule has 0 aliphatic carbocycles. The van der Waals surface area contributed by atoms with E-state index in [1.54, 1.807) is 5.38 Å². The standard InChI is InChI=1S/C19H35N3O3SSi/c1-8-12(2)15(16(19(3,4)5)25-27(6)7)21-17(24)14-11-26-18(20-14)22-9-13(23)10-22/h11-13,15-16,23,27H,8-10H2,1-7H3,(H,21,24)/t12-,15-,16?/m0/s1. The van der Waals surface area contributed by atoms with Crippen LogP contribution >= 0.6 is 11.3 Å². The first kappa shape index (κ1) is 22.3. The number of aromatic nitrogens is 1. The second kappa shape index (κ2) is 9.02. The van der Waals surface area contributed by atoms with E-state index in [2.05, 4.69) is 58.0 Å². The van der Waals surface area contributed by atoms with Gasteiger partial charge in [-0.15, -0.1) is 11.3 Å². The van der Waals surface area contributed by atoms with Crippen molar-refractivity contribution in [3.8, 4) is 0 Å². The van der Waals surface area contributed by atoms with Gasteiger partial charge in [0.15, 0.2) is 14.2 Å². The van der Waals surface area contributed by atoms with Gasteiger partial charge in [-0.05, 0) is 24.4 Å². The van der Waals surface area contributed by atoms with Gasteiger partial charge in [0.05, 0.1) is 18.2 Å². The van der Waals surface area contributed by atoms with E-state index in [1.807, 2.05) is 4.90 Å². The average Bonchev–Trinajstić information content (AvgIpc) is 3.02. The highest BCUT2D eigenvalue weighted by Crippen LogP contribution is 2.30. The minimum absolute atomic E-state index is 0.0355. The van der Waals surface area contributed by atoms with Gasteiger partial charge in [-0.2, -0.15) is 0 Å². The van der Waals surface area contributed by atoms with Crippen molar-refractivity contribution in [3.05, 3.63) is 11.1 Å². The summed E-state index contributed by atoms with van der Waals surface area (Å²) in [5, 5.41) is 15.3. The van der Waals surface area contributed by atoms with E-state index in [1.165, 1.54) is 11.3 Å². The predicted octanol–water partition coefficient (Wildman–Crippen LogP) is 2.88. The van der Waals surface area contributed by atoms with Crippen LogP contribution < -0.4 is 10.2 Å². The second-order valence-electron chi connectivity index (χ2n) is 8.93. The van der Waals surface area contributed by atoms with Gasteiger partial charge in [0, 0.05) is 18.5 Å². The molecule has 8 heteroatoms. The fourth-order valence-electron chi connectivity index (χ4n) is 3.24. The lowest BCUT2D eigenvalue weighted by atomic mass is 9.79. The molecule has 1 aliphatic heterocycles. The van der Waals surface area contributed by atoms with E-state index in [9.17, 15) is 9.90 Å². The van der Waals surface area contributed by atoms with Crippen molar-refractivity contribution < 1.29 is 14.3 Å². The Labute approximate surface area is 169 Å². The molecular weight excluding hydrogens is 378 g/mol. The van der Waals surface area contributed by atoms with Gasteiger partial charge in [-0.25, -0.2) is 4.98 Å². The quantitative estimate of drug-likeness (QED) is 0.641. The van der Waals surface area contributed by atoms with E-state index in [4.69, 9.17) is 4.43 Å². The van der Waals surface area contributed by atoms with Crippen molar-refractivity contribution >= 4 is 31.4 Å². The van der Waals surface area contributed by atoms with Gasteiger partial charge in [0.2, 0.25) is 0 Å².